The Balaban J connectivity index is 2.43. The van der Waals surface area contributed by atoms with Crippen LogP contribution < -0.4 is 9.62 Å². The summed E-state index contributed by atoms with van der Waals surface area (Å²) in [5.74, 6) is -0.254. The zero-order chi connectivity index (χ0) is 21.8. The minimum Gasteiger partial charge on any atom is -0.478 e. The third-order valence-electron chi connectivity index (χ3n) is 3.95. The lowest BCUT2D eigenvalue weighted by Gasteiger charge is -2.28. The summed E-state index contributed by atoms with van der Waals surface area (Å²) in [6, 6.07) is 7.30. The number of aromatic carboxylic acids is 1. The van der Waals surface area contributed by atoms with Crippen molar-refractivity contribution in [3.05, 3.63) is 47.1 Å². The van der Waals surface area contributed by atoms with Crippen molar-refractivity contribution in [3.63, 3.8) is 0 Å². The van der Waals surface area contributed by atoms with Crippen LogP contribution in [0.1, 0.15) is 38.1 Å². The van der Waals surface area contributed by atoms with Gasteiger partial charge in [0.1, 0.15) is 16.3 Å². The molecule has 0 unspecified atom stereocenters. The Bertz CT molecular complexity index is 967. The fourth-order valence-corrected chi connectivity index (χ4v) is 4.48. The maximum Gasteiger partial charge on any atom is 0.339 e. The summed E-state index contributed by atoms with van der Waals surface area (Å²) in [4.78, 5) is 18.0. The van der Waals surface area contributed by atoms with Gasteiger partial charge in [-0.25, -0.2) is 18.2 Å². The van der Waals surface area contributed by atoms with E-state index in [0.717, 1.165) is 0 Å². The van der Waals surface area contributed by atoms with Gasteiger partial charge in [0.2, 0.25) is 0 Å². The minimum absolute atomic E-state index is 0.0557. The average molecular weight is 440 g/mol. The highest BCUT2D eigenvalue weighted by atomic mass is 35.5. The van der Waals surface area contributed by atoms with Gasteiger partial charge in [-0.3, -0.25) is 4.72 Å². The molecule has 1 heterocycles. The van der Waals surface area contributed by atoms with Crippen LogP contribution in [0.25, 0.3) is 0 Å². The molecule has 2 N–H and O–H groups in total. The van der Waals surface area contributed by atoms with E-state index in [0.29, 0.717) is 30.7 Å². The Hall–Kier alpha value is -2.32. The van der Waals surface area contributed by atoms with Crippen molar-refractivity contribution in [2.24, 2.45) is 11.8 Å². The predicted molar refractivity (Wildman–Crippen MR) is 115 cm³/mol. The molecule has 1 aromatic heterocycles. The summed E-state index contributed by atoms with van der Waals surface area (Å²) < 4.78 is 27.6. The van der Waals surface area contributed by atoms with E-state index in [9.17, 15) is 18.3 Å². The third kappa shape index (κ3) is 6.08. The molecule has 158 valence electrons. The number of carboxylic acid groups (broad SMARTS) is 1. The summed E-state index contributed by atoms with van der Waals surface area (Å²) in [5.41, 5.74) is -0.00854. The van der Waals surface area contributed by atoms with Crippen LogP contribution in [0.3, 0.4) is 0 Å². The van der Waals surface area contributed by atoms with Gasteiger partial charge in [0, 0.05) is 13.1 Å². The molecule has 0 atom stereocenters. The molecule has 29 heavy (non-hydrogen) atoms. The summed E-state index contributed by atoms with van der Waals surface area (Å²) >= 11 is 5.98. The van der Waals surface area contributed by atoms with Gasteiger partial charge >= 0.3 is 5.97 Å². The molecule has 0 fully saturated rings. The number of anilines is 2. The molecule has 2 rings (SSSR count). The smallest absolute Gasteiger partial charge is 0.339 e. The maximum atomic E-state index is 12.6. The number of nitrogens with zero attached hydrogens (tertiary/aromatic N) is 2. The van der Waals surface area contributed by atoms with Crippen molar-refractivity contribution in [2.45, 2.75) is 32.6 Å². The van der Waals surface area contributed by atoms with Crippen LogP contribution in [0.5, 0.6) is 0 Å². The van der Waals surface area contributed by atoms with Gasteiger partial charge in [0.15, 0.2) is 0 Å². The molecule has 0 bridgehead atoms. The summed E-state index contributed by atoms with van der Waals surface area (Å²) in [7, 11) is -3.99. The number of carbonyl (C=O) groups is 1. The maximum absolute atomic E-state index is 12.6. The van der Waals surface area contributed by atoms with Crippen LogP contribution in [0.2, 0.25) is 5.02 Å². The second-order valence-corrected chi connectivity index (χ2v) is 9.69. The Morgan fingerprint density at radius 3 is 2.28 bits per heavy atom. The molecule has 0 saturated heterocycles. The topological polar surface area (TPSA) is 99.6 Å². The highest BCUT2D eigenvalue weighted by Gasteiger charge is 2.23. The molecule has 0 aliphatic heterocycles. The Morgan fingerprint density at radius 1 is 1.17 bits per heavy atom. The monoisotopic (exact) mass is 439 g/mol. The molecule has 0 aliphatic rings. The van der Waals surface area contributed by atoms with E-state index in [1.54, 1.807) is 12.1 Å². The normalized spacial score (nSPS) is 11.7. The summed E-state index contributed by atoms with van der Waals surface area (Å²) in [5, 5.41) is 9.77. The van der Waals surface area contributed by atoms with Gasteiger partial charge in [-0.2, -0.15) is 0 Å². The Labute approximate surface area is 176 Å². The Morgan fingerprint density at radius 2 is 1.76 bits per heavy atom. The molecule has 0 amide bonds. The van der Waals surface area contributed by atoms with Crippen molar-refractivity contribution in [2.75, 3.05) is 22.7 Å². The number of halogens is 1. The lowest BCUT2D eigenvalue weighted by Crippen LogP contribution is -2.33. The second kappa shape index (κ2) is 9.45. The standard InChI is InChI=1S/C20H26ClN3O4S/c1-13(2)11-24(12-14(3)4)19-16(20(25)26)9-15(10-22-19)23-29(27,28)18-8-6-5-7-17(18)21/h5-10,13-14,23H,11-12H2,1-4H3,(H,25,26). The molecular formula is C20H26ClN3O4S. The van der Waals surface area contributed by atoms with E-state index in [1.165, 1.54) is 24.4 Å². The van der Waals surface area contributed by atoms with E-state index >= 15 is 0 Å². The number of hydrogen-bond acceptors (Lipinski definition) is 5. The van der Waals surface area contributed by atoms with Crippen molar-refractivity contribution in [3.8, 4) is 0 Å². The zero-order valence-electron chi connectivity index (χ0n) is 16.9. The van der Waals surface area contributed by atoms with Crippen LogP contribution in [0, 0.1) is 11.8 Å². The van der Waals surface area contributed by atoms with Crippen LogP contribution in [-0.4, -0.2) is 37.6 Å². The lowest BCUT2D eigenvalue weighted by atomic mass is 10.1. The van der Waals surface area contributed by atoms with Gasteiger partial charge in [0.05, 0.1) is 16.9 Å². The van der Waals surface area contributed by atoms with Crippen LogP contribution in [0.15, 0.2) is 41.4 Å². The van der Waals surface area contributed by atoms with Gasteiger partial charge in [-0.15, -0.1) is 0 Å². The number of carboxylic acids is 1. The van der Waals surface area contributed by atoms with Crippen molar-refractivity contribution in [1.82, 2.24) is 4.98 Å². The van der Waals surface area contributed by atoms with Crippen molar-refractivity contribution < 1.29 is 18.3 Å². The zero-order valence-corrected chi connectivity index (χ0v) is 18.5. The molecule has 2 aromatic rings. The van der Waals surface area contributed by atoms with Gasteiger partial charge in [-0.1, -0.05) is 51.4 Å². The second-order valence-electron chi connectivity index (χ2n) is 7.63. The average Bonchev–Trinajstić information content (AvgIpc) is 2.60. The fourth-order valence-electron chi connectivity index (χ4n) is 2.92. The number of pyridine rings is 1. The Kier molecular flexibility index (Phi) is 7.48. The number of rotatable bonds is 9. The number of sulfonamides is 1. The number of hydrogen-bond donors (Lipinski definition) is 2. The van der Waals surface area contributed by atoms with E-state index in [1.807, 2.05) is 32.6 Å². The SMILES string of the molecule is CC(C)CN(CC(C)C)c1ncc(NS(=O)(=O)c2ccccc2Cl)cc1C(=O)O. The molecule has 0 saturated carbocycles. The first-order chi connectivity index (χ1) is 13.5. The molecule has 0 spiro atoms. The van der Waals surface area contributed by atoms with Gasteiger partial charge in [0.25, 0.3) is 10.0 Å². The minimum atomic E-state index is -3.99. The quantitative estimate of drug-likeness (QED) is 0.602. The van der Waals surface area contributed by atoms with Gasteiger partial charge in [-0.05, 0) is 30.0 Å². The van der Waals surface area contributed by atoms with E-state index in [-0.39, 0.29) is 21.2 Å². The summed E-state index contributed by atoms with van der Waals surface area (Å²) in [6.07, 6.45) is 1.32. The summed E-state index contributed by atoms with van der Waals surface area (Å²) in [6.45, 7) is 9.44. The highest BCUT2D eigenvalue weighted by Crippen LogP contribution is 2.27. The van der Waals surface area contributed by atoms with Crippen molar-refractivity contribution in [1.29, 1.82) is 0 Å². The fraction of sp³-hybridized carbons (Fsp3) is 0.400. The number of aromatic nitrogens is 1. The number of benzene rings is 1. The molecule has 9 heteroatoms. The lowest BCUT2D eigenvalue weighted by molar-refractivity contribution is 0.0697. The first kappa shape index (κ1) is 23.0. The van der Waals surface area contributed by atoms with Gasteiger partial charge < -0.3 is 10.0 Å². The molecular weight excluding hydrogens is 414 g/mol. The highest BCUT2D eigenvalue weighted by molar-refractivity contribution is 7.92. The predicted octanol–water partition coefficient (Wildman–Crippen LogP) is 4.35. The third-order valence-corrected chi connectivity index (χ3v) is 5.83. The first-order valence-electron chi connectivity index (χ1n) is 9.27. The van der Waals surface area contributed by atoms with Crippen LogP contribution in [0.4, 0.5) is 11.5 Å². The molecule has 7 nitrogen and oxygen atoms in total. The van der Waals surface area contributed by atoms with Crippen LogP contribution >= 0.6 is 11.6 Å². The van der Waals surface area contributed by atoms with E-state index < -0.39 is 16.0 Å². The van der Waals surface area contributed by atoms with E-state index in [4.69, 9.17) is 11.6 Å². The first-order valence-corrected chi connectivity index (χ1v) is 11.1. The molecule has 1 aromatic carbocycles. The van der Waals surface area contributed by atoms with Crippen molar-refractivity contribution >= 4 is 39.1 Å². The number of nitrogens with one attached hydrogen (secondary N) is 1. The van der Waals surface area contributed by atoms with E-state index in [2.05, 4.69) is 9.71 Å². The largest absolute Gasteiger partial charge is 0.478 e. The molecule has 0 aliphatic carbocycles. The van der Waals surface area contributed by atoms with Crippen LogP contribution in [-0.2, 0) is 10.0 Å². The molecule has 0 radical (unpaired) electrons.